The van der Waals surface area contributed by atoms with Gasteiger partial charge in [-0.2, -0.15) is 5.26 Å². The Balaban J connectivity index is 2.28. The topological polar surface area (TPSA) is 74.5 Å². The monoisotopic (exact) mass is 356 g/mol. The third kappa shape index (κ3) is 7.44. The second-order valence-electron chi connectivity index (χ2n) is 4.83. The van der Waals surface area contributed by atoms with E-state index in [1.165, 1.54) is 0 Å². The van der Waals surface area contributed by atoms with E-state index in [9.17, 15) is 5.11 Å². The van der Waals surface area contributed by atoms with Gasteiger partial charge in [-0.25, -0.2) is 0 Å². The zero-order chi connectivity index (χ0) is 15.7. The Labute approximate surface area is 134 Å². The molecule has 116 valence electrons. The van der Waals surface area contributed by atoms with Gasteiger partial charge in [-0.15, -0.1) is 0 Å². The van der Waals surface area contributed by atoms with Gasteiger partial charge in [0.15, 0.2) is 0 Å². The number of anilines is 1. The van der Waals surface area contributed by atoms with Crippen LogP contribution in [-0.2, 0) is 9.47 Å². The fourth-order valence-corrected chi connectivity index (χ4v) is 1.97. The van der Waals surface area contributed by atoms with E-state index in [0.717, 1.165) is 4.47 Å². The minimum atomic E-state index is -0.644. The summed E-state index contributed by atoms with van der Waals surface area (Å²) in [5.41, 5.74) is 1.23. The van der Waals surface area contributed by atoms with Crippen LogP contribution in [-0.4, -0.2) is 43.7 Å². The maximum Gasteiger partial charge on any atom is 0.101 e. The fraction of sp³-hybridized carbons (Fsp3) is 0.533. The van der Waals surface area contributed by atoms with Crippen LogP contribution in [0.15, 0.2) is 22.7 Å². The highest BCUT2D eigenvalue weighted by molar-refractivity contribution is 9.10. The maximum atomic E-state index is 9.83. The van der Waals surface area contributed by atoms with Crippen LogP contribution in [0.25, 0.3) is 0 Å². The molecule has 0 bridgehead atoms. The van der Waals surface area contributed by atoms with E-state index in [4.69, 9.17) is 14.7 Å². The SMILES string of the molecule is CC(C)OCCOCC(O)CNc1cc(Br)ccc1C#N. The first kappa shape index (κ1) is 17.9. The molecule has 0 aliphatic carbocycles. The summed E-state index contributed by atoms with van der Waals surface area (Å²) in [6.45, 7) is 5.44. The van der Waals surface area contributed by atoms with Crippen LogP contribution >= 0.6 is 15.9 Å². The van der Waals surface area contributed by atoms with Crippen molar-refractivity contribution >= 4 is 21.6 Å². The predicted molar refractivity (Wildman–Crippen MR) is 85.3 cm³/mol. The van der Waals surface area contributed by atoms with E-state index in [2.05, 4.69) is 27.3 Å². The van der Waals surface area contributed by atoms with E-state index in [1.807, 2.05) is 19.9 Å². The van der Waals surface area contributed by atoms with Gasteiger partial charge in [0.1, 0.15) is 6.07 Å². The number of hydrogen-bond donors (Lipinski definition) is 2. The highest BCUT2D eigenvalue weighted by atomic mass is 79.9. The van der Waals surface area contributed by atoms with Crippen molar-refractivity contribution in [1.29, 1.82) is 5.26 Å². The van der Waals surface area contributed by atoms with E-state index < -0.39 is 6.10 Å². The van der Waals surface area contributed by atoms with Crippen molar-refractivity contribution in [3.8, 4) is 6.07 Å². The Kier molecular flexibility index (Phi) is 8.31. The Morgan fingerprint density at radius 3 is 2.81 bits per heavy atom. The molecule has 1 aromatic carbocycles. The molecule has 0 radical (unpaired) electrons. The molecule has 5 nitrogen and oxygen atoms in total. The summed E-state index contributed by atoms with van der Waals surface area (Å²) < 4.78 is 11.5. The first-order chi connectivity index (χ1) is 10.0. The molecule has 1 rings (SSSR count). The van der Waals surface area contributed by atoms with Crippen molar-refractivity contribution in [2.75, 3.05) is 31.7 Å². The molecule has 1 unspecified atom stereocenters. The second kappa shape index (κ2) is 9.74. The number of nitrogens with one attached hydrogen (secondary N) is 1. The zero-order valence-electron chi connectivity index (χ0n) is 12.3. The van der Waals surface area contributed by atoms with Crippen molar-refractivity contribution in [2.45, 2.75) is 26.1 Å². The van der Waals surface area contributed by atoms with Crippen LogP contribution < -0.4 is 5.32 Å². The third-order valence-electron chi connectivity index (χ3n) is 2.62. The number of benzene rings is 1. The summed E-state index contributed by atoms with van der Waals surface area (Å²) in [7, 11) is 0. The van der Waals surface area contributed by atoms with Gasteiger partial charge in [-0.05, 0) is 32.0 Å². The van der Waals surface area contributed by atoms with Gasteiger partial charge in [0, 0.05) is 11.0 Å². The first-order valence-electron chi connectivity index (χ1n) is 6.84. The molecule has 0 aliphatic rings. The molecule has 0 aliphatic heterocycles. The molecular weight excluding hydrogens is 336 g/mol. The number of nitrogens with zero attached hydrogens (tertiary/aromatic N) is 1. The largest absolute Gasteiger partial charge is 0.389 e. The van der Waals surface area contributed by atoms with Gasteiger partial charge >= 0.3 is 0 Å². The molecule has 0 heterocycles. The molecule has 0 aromatic heterocycles. The number of hydrogen-bond acceptors (Lipinski definition) is 5. The summed E-state index contributed by atoms with van der Waals surface area (Å²) in [6.07, 6.45) is -0.462. The molecule has 0 amide bonds. The number of ether oxygens (including phenoxy) is 2. The molecule has 0 fully saturated rings. The van der Waals surface area contributed by atoms with E-state index >= 15 is 0 Å². The average Bonchev–Trinajstić information content (AvgIpc) is 2.44. The predicted octanol–water partition coefficient (Wildman–Crippen LogP) is 2.54. The lowest BCUT2D eigenvalue weighted by atomic mass is 10.2. The van der Waals surface area contributed by atoms with E-state index in [0.29, 0.717) is 31.0 Å². The van der Waals surface area contributed by atoms with Crippen molar-refractivity contribution in [2.24, 2.45) is 0 Å². The highest BCUT2D eigenvalue weighted by Crippen LogP contribution is 2.20. The molecule has 0 saturated heterocycles. The minimum absolute atomic E-state index is 0.182. The Morgan fingerprint density at radius 1 is 1.38 bits per heavy atom. The number of rotatable bonds is 9. The van der Waals surface area contributed by atoms with E-state index in [-0.39, 0.29) is 12.7 Å². The van der Waals surface area contributed by atoms with Crippen molar-refractivity contribution < 1.29 is 14.6 Å². The second-order valence-corrected chi connectivity index (χ2v) is 5.75. The van der Waals surface area contributed by atoms with Gasteiger partial charge in [0.05, 0.1) is 43.3 Å². The van der Waals surface area contributed by atoms with Gasteiger partial charge in [-0.1, -0.05) is 15.9 Å². The van der Waals surface area contributed by atoms with Crippen LogP contribution in [0.5, 0.6) is 0 Å². The standard InChI is InChI=1S/C15H21BrN2O3/c1-11(2)21-6-5-20-10-14(19)9-18-15-7-13(16)4-3-12(15)8-17/h3-4,7,11,14,18-19H,5-6,9-10H2,1-2H3. The number of halogens is 1. The van der Waals surface area contributed by atoms with Crippen LogP contribution in [0.1, 0.15) is 19.4 Å². The fourth-order valence-electron chi connectivity index (χ4n) is 1.61. The van der Waals surface area contributed by atoms with E-state index in [1.54, 1.807) is 12.1 Å². The molecular formula is C15H21BrN2O3. The van der Waals surface area contributed by atoms with Crippen LogP contribution in [0, 0.1) is 11.3 Å². The normalized spacial score (nSPS) is 12.2. The lowest BCUT2D eigenvalue weighted by molar-refractivity contribution is -0.00734. The van der Waals surface area contributed by atoms with Crippen LogP contribution in [0.3, 0.4) is 0 Å². The molecule has 1 aromatic rings. The van der Waals surface area contributed by atoms with Crippen LogP contribution in [0.2, 0.25) is 0 Å². The van der Waals surface area contributed by atoms with Gasteiger partial charge in [0.25, 0.3) is 0 Å². The Hall–Kier alpha value is -1.13. The zero-order valence-corrected chi connectivity index (χ0v) is 13.9. The van der Waals surface area contributed by atoms with Gasteiger partial charge in [-0.3, -0.25) is 0 Å². The summed E-state index contributed by atoms with van der Waals surface area (Å²) in [4.78, 5) is 0. The molecule has 1 atom stereocenters. The smallest absolute Gasteiger partial charge is 0.101 e. The average molecular weight is 357 g/mol. The van der Waals surface area contributed by atoms with Crippen molar-refractivity contribution in [3.63, 3.8) is 0 Å². The third-order valence-corrected chi connectivity index (χ3v) is 3.11. The lowest BCUT2D eigenvalue weighted by Gasteiger charge is -2.14. The van der Waals surface area contributed by atoms with Crippen LogP contribution in [0.4, 0.5) is 5.69 Å². The van der Waals surface area contributed by atoms with Crippen molar-refractivity contribution in [1.82, 2.24) is 0 Å². The summed E-state index contributed by atoms with van der Waals surface area (Å²) in [5.74, 6) is 0. The minimum Gasteiger partial charge on any atom is -0.389 e. The van der Waals surface area contributed by atoms with Crippen molar-refractivity contribution in [3.05, 3.63) is 28.2 Å². The molecule has 21 heavy (non-hydrogen) atoms. The van der Waals surface area contributed by atoms with Gasteiger partial charge in [0.2, 0.25) is 0 Å². The number of aliphatic hydroxyl groups is 1. The summed E-state index contributed by atoms with van der Waals surface area (Å²) in [6, 6.07) is 7.44. The number of nitriles is 1. The molecule has 0 saturated carbocycles. The quantitative estimate of drug-likeness (QED) is 0.665. The Bertz CT molecular complexity index is 474. The number of aliphatic hydroxyl groups excluding tert-OH is 1. The summed E-state index contributed by atoms with van der Waals surface area (Å²) >= 11 is 3.35. The maximum absolute atomic E-state index is 9.83. The highest BCUT2D eigenvalue weighted by Gasteiger charge is 2.07. The lowest BCUT2D eigenvalue weighted by Crippen LogP contribution is -2.26. The molecule has 2 N–H and O–H groups in total. The molecule has 6 heteroatoms. The molecule has 0 spiro atoms. The van der Waals surface area contributed by atoms with Gasteiger partial charge < -0.3 is 19.9 Å². The summed E-state index contributed by atoms with van der Waals surface area (Å²) in [5, 5.41) is 21.9. The Morgan fingerprint density at radius 2 is 2.14 bits per heavy atom. The first-order valence-corrected chi connectivity index (χ1v) is 7.63.